The van der Waals surface area contributed by atoms with Gasteiger partial charge in [0.15, 0.2) is 0 Å². The summed E-state index contributed by atoms with van der Waals surface area (Å²) in [7, 11) is 0. The van der Waals surface area contributed by atoms with Crippen molar-refractivity contribution in [1.29, 1.82) is 0 Å². The van der Waals surface area contributed by atoms with E-state index in [1.165, 1.54) is 92.5 Å². The lowest BCUT2D eigenvalue weighted by Gasteiger charge is -2.06. The number of unbranched alkanes of at least 4 members (excludes halogenated alkanes) is 9. The van der Waals surface area contributed by atoms with Crippen LogP contribution < -0.4 is 0 Å². The molecule has 0 aliphatic carbocycles. The molecular formula is C23H34. The van der Waals surface area contributed by atoms with Gasteiger partial charge in [-0.25, -0.2) is 0 Å². The minimum absolute atomic E-state index is 1.24. The van der Waals surface area contributed by atoms with Gasteiger partial charge in [-0.15, -0.1) is 0 Å². The molecule has 126 valence electrons. The Morgan fingerprint density at radius 3 is 2.04 bits per heavy atom. The molecule has 23 heavy (non-hydrogen) atoms. The fourth-order valence-corrected chi connectivity index (χ4v) is 3.45. The quantitative estimate of drug-likeness (QED) is 0.374. The first-order valence-electron chi connectivity index (χ1n) is 9.79. The van der Waals surface area contributed by atoms with E-state index in [0.29, 0.717) is 0 Å². The normalized spacial score (nSPS) is 11.2. The number of aryl methyl sites for hydroxylation is 2. The zero-order valence-electron chi connectivity index (χ0n) is 15.2. The zero-order chi connectivity index (χ0) is 16.3. The summed E-state index contributed by atoms with van der Waals surface area (Å²) in [6.07, 6.45) is 15.4. The van der Waals surface area contributed by atoms with Gasteiger partial charge in [0.05, 0.1) is 0 Å². The van der Waals surface area contributed by atoms with Crippen LogP contribution in [-0.4, -0.2) is 0 Å². The summed E-state index contributed by atoms with van der Waals surface area (Å²) in [6.45, 7) is 4.50. The Balaban J connectivity index is 1.60. The van der Waals surface area contributed by atoms with E-state index in [2.05, 4.69) is 50.2 Å². The third kappa shape index (κ3) is 6.37. The molecule has 2 aromatic rings. The van der Waals surface area contributed by atoms with Crippen LogP contribution in [0.4, 0.5) is 0 Å². The van der Waals surface area contributed by atoms with Gasteiger partial charge >= 0.3 is 0 Å². The van der Waals surface area contributed by atoms with Gasteiger partial charge in [0.25, 0.3) is 0 Å². The molecule has 0 amide bonds. The highest BCUT2D eigenvalue weighted by atomic mass is 14.0. The minimum Gasteiger partial charge on any atom is -0.0654 e. The van der Waals surface area contributed by atoms with Crippen LogP contribution in [-0.2, 0) is 6.42 Å². The molecule has 0 nitrogen and oxygen atoms in total. The summed E-state index contributed by atoms with van der Waals surface area (Å²) in [4.78, 5) is 0. The number of hydrogen-bond acceptors (Lipinski definition) is 0. The van der Waals surface area contributed by atoms with Gasteiger partial charge in [-0.2, -0.15) is 0 Å². The highest BCUT2D eigenvalue weighted by Gasteiger charge is 2.00. The number of benzene rings is 2. The average molecular weight is 311 g/mol. The van der Waals surface area contributed by atoms with Gasteiger partial charge in [0, 0.05) is 0 Å². The zero-order valence-corrected chi connectivity index (χ0v) is 15.2. The van der Waals surface area contributed by atoms with Crippen LogP contribution in [0.15, 0.2) is 36.4 Å². The molecule has 0 unspecified atom stereocenters. The van der Waals surface area contributed by atoms with Crippen LogP contribution in [0.5, 0.6) is 0 Å². The Hall–Kier alpha value is -1.30. The Bertz CT molecular complexity index is 567. The molecular weight excluding hydrogens is 276 g/mol. The molecule has 0 aromatic heterocycles. The maximum absolute atomic E-state index is 2.40. The van der Waals surface area contributed by atoms with Gasteiger partial charge in [-0.1, -0.05) is 101 Å². The fraction of sp³-hybridized carbons (Fsp3) is 0.565. The van der Waals surface area contributed by atoms with Crippen LogP contribution in [0.1, 0.15) is 82.3 Å². The van der Waals surface area contributed by atoms with Crippen molar-refractivity contribution in [2.45, 2.75) is 84.5 Å². The Morgan fingerprint density at radius 2 is 1.35 bits per heavy atom. The van der Waals surface area contributed by atoms with E-state index in [4.69, 9.17) is 0 Å². The lowest BCUT2D eigenvalue weighted by atomic mass is 9.99. The first-order chi connectivity index (χ1) is 11.3. The van der Waals surface area contributed by atoms with E-state index in [9.17, 15) is 0 Å². The Labute approximate surface area is 143 Å². The van der Waals surface area contributed by atoms with Crippen LogP contribution in [0.3, 0.4) is 0 Å². The minimum atomic E-state index is 1.24. The highest BCUT2D eigenvalue weighted by molar-refractivity contribution is 5.86. The van der Waals surface area contributed by atoms with E-state index in [-0.39, 0.29) is 0 Å². The predicted octanol–water partition coefficient (Wildman–Crippen LogP) is 7.61. The third-order valence-electron chi connectivity index (χ3n) is 4.98. The number of rotatable bonds is 11. The fourth-order valence-electron chi connectivity index (χ4n) is 3.45. The maximum Gasteiger partial charge on any atom is -0.0152 e. The molecule has 2 rings (SSSR count). The Kier molecular flexibility index (Phi) is 8.21. The van der Waals surface area contributed by atoms with Crippen LogP contribution in [0, 0.1) is 6.92 Å². The predicted molar refractivity (Wildman–Crippen MR) is 104 cm³/mol. The molecule has 0 spiro atoms. The van der Waals surface area contributed by atoms with Crippen molar-refractivity contribution in [1.82, 2.24) is 0 Å². The molecule has 0 bridgehead atoms. The van der Waals surface area contributed by atoms with Gasteiger partial charge in [0.2, 0.25) is 0 Å². The maximum atomic E-state index is 2.40. The van der Waals surface area contributed by atoms with Crippen molar-refractivity contribution in [2.24, 2.45) is 0 Å². The van der Waals surface area contributed by atoms with E-state index in [1.807, 2.05) is 0 Å². The molecule has 0 atom stereocenters. The smallest absolute Gasteiger partial charge is 0.0152 e. The molecule has 0 heteroatoms. The molecule has 0 fully saturated rings. The molecule has 0 aliphatic heterocycles. The van der Waals surface area contributed by atoms with E-state index < -0.39 is 0 Å². The lowest BCUT2D eigenvalue weighted by molar-refractivity contribution is 0.556. The molecule has 0 saturated carbocycles. The van der Waals surface area contributed by atoms with Crippen LogP contribution >= 0.6 is 0 Å². The first-order valence-corrected chi connectivity index (χ1v) is 9.79. The summed E-state index contributed by atoms with van der Waals surface area (Å²) < 4.78 is 0. The largest absolute Gasteiger partial charge is 0.0654 e. The summed E-state index contributed by atoms with van der Waals surface area (Å²) in [5, 5.41) is 2.80. The molecule has 0 radical (unpaired) electrons. The van der Waals surface area contributed by atoms with Gasteiger partial charge < -0.3 is 0 Å². The summed E-state index contributed by atoms with van der Waals surface area (Å²) in [6, 6.07) is 13.6. The van der Waals surface area contributed by atoms with Crippen molar-refractivity contribution in [3.63, 3.8) is 0 Å². The Morgan fingerprint density at radius 1 is 0.696 bits per heavy atom. The van der Waals surface area contributed by atoms with Gasteiger partial charge in [-0.3, -0.25) is 0 Å². The van der Waals surface area contributed by atoms with Crippen molar-refractivity contribution in [3.05, 3.63) is 47.5 Å². The molecule has 0 heterocycles. The molecule has 0 saturated heterocycles. The highest BCUT2D eigenvalue weighted by Crippen LogP contribution is 2.21. The van der Waals surface area contributed by atoms with E-state index in [0.717, 1.165) is 0 Å². The topological polar surface area (TPSA) is 0 Å². The SMILES string of the molecule is CCCCCCCCCCCCc1ccc2cccc(C)c2c1. The van der Waals surface area contributed by atoms with Gasteiger partial charge in [0.1, 0.15) is 0 Å². The standard InChI is InChI=1S/C23H34/c1-3-4-5-6-7-8-9-10-11-12-15-21-17-18-22-16-13-14-20(2)23(22)19-21/h13-14,16-19H,3-12,15H2,1-2H3. The van der Waals surface area contributed by atoms with Crippen molar-refractivity contribution in [3.8, 4) is 0 Å². The van der Waals surface area contributed by atoms with Crippen molar-refractivity contribution < 1.29 is 0 Å². The second-order valence-corrected chi connectivity index (χ2v) is 7.06. The molecule has 0 N–H and O–H groups in total. The van der Waals surface area contributed by atoms with Crippen molar-refractivity contribution in [2.75, 3.05) is 0 Å². The third-order valence-corrected chi connectivity index (χ3v) is 4.98. The summed E-state index contributed by atoms with van der Waals surface area (Å²) in [5.41, 5.74) is 2.90. The van der Waals surface area contributed by atoms with E-state index in [1.54, 1.807) is 0 Å². The van der Waals surface area contributed by atoms with Crippen molar-refractivity contribution >= 4 is 10.8 Å². The monoisotopic (exact) mass is 310 g/mol. The lowest BCUT2D eigenvalue weighted by Crippen LogP contribution is -1.88. The van der Waals surface area contributed by atoms with Gasteiger partial charge in [-0.05, 0) is 41.7 Å². The molecule has 2 aromatic carbocycles. The van der Waals surface area contributed by atoms with E-state index >= 15 is 0 Å². The average Bonchev–Trinajstić information content (AvgIpc) is 2.57. The van der Waals surface area contributed by atoms with Crippen LogP contribution in [0.25, 0.3) is 10.8 Å². The summed E-state index contributed by atoms with van der Waals surface area (Å²) >= 11 is 0. The first kappa shape index (κ1) is 18.0. The second kappa shape index (κ2) is 10.5. The second-order valence-electron chi connectivity index (χ2n) is 7.06. The van der Waals surface area contributed by atoms with Crippen LogP contribution in [0.2, 0.25) is 0 Å². The molecule has 0 aliphatic rings. The number of hydrogen-bond donors (Lipinski definition) is 0. The number of fused-ring (bicyclic) bond motifs is 1. The summed E-state index contributed by atoms with van der Waals surface area (Å²) in [5.74, 6) is 0.